The normalized spacial score (nSPS) is 18.5. The molecule has 1 fully saturated rings. The third-order valence-electron chi connectivity index (χ3n) is 2.99. The first-order valence-corrected chi connectivity index (χ1v) is 6.51. The molecule has 2 nitrogen and oxygen atoms in total. The van der Waals surface area contributed by atoms with Crippen LogP contribution in [0.15, 0.2) is 5.16 Å². The van der Waals surface area contributed by atoms with Gasteiger partial charge in [-0.25, -0.2) is 0 Å². The molecule has 0 aromatic rings. The van der Waals surface area contributed by atoms with E-state index in [4.69, 9.17) is 4.84 Å². The van der Waals surface area contributed by atoms with E-state index in [1.165, 1.54) is 51.4 Å². The lowest BCUT2D eigenvalue weighted by Crippen LogP contribution is -2.07. The molecule has 2 heteroatoms. The van der Waals surface area contributed by atoms with Gasteiger partial charge in [-0.15, -0.1) is 0 Å². The summed E-state index contributed by atoms with van der Waals surface area (Å²) in [6, 6.07) is 0. The van der Waals surface area contributed by atoms with Crippen molar-refractivity contribution in [3.8, 4) is 0 Å². The summed E-state index contributed by atoms with van der Waals surface area (Å²) in [5, 5.41) is 3.94. The molecule has 1 aliphatic carbocycles. The Morgan fingerprint density at radius 1 is 1.13 bits per heavy atom. The fraction of sp³-hybridized carbons (Fsp3) is 0.923. The van der Waals surface area contributed by atoms with Gasteiger partial charge in [-0.1, -0.05) is 44.2 Å². The lowest BCUT2D eigenvalue weighted by atomic mass is 9.90. The molecule has 0 aliphatic heterocycles. The lowest BCUT2D eigenvalue weighted by Gasteiger charge is -2.15. The average molecular weight is 210 g/mol. The zero-order chi connectivity index (χ0) is 10.8. The monoisotopic (exact) mass is 210 g/mol. The number of nitrogens with zero attached hydrogens (tertiary/aromatic N) is 1. The van der Waals surface area contributed by atoms with E-state index in [0.29, 0.717) is 5.92 Å². The van der Waals surface area contributed by atoms with Crippen LogP contribution in [-0.2, 0) is 4.84 Å². The SMILES string of the molecule is CCCCCCO/N=[C]/C1CCCCC1. The van der Waals surface area contributed by atoms with Crippen molar-refractivity contribution in [3.05, 3.63) is 0 Å². The summed E-state index contributed by atoms with van der Waals surface area (Å²) in [7, 11) is 0. The van der Waals surface area contributed by atoms with E-state index >= 15 is 0 Å². The zero-order valence-corrected chi connectivity index (χ0v) is 10.0. The molecular weight excluding hydrogens is 186 g/mol. The first-order valence-electron chi connectivity index (χ1n) is 6.51. The van der Waals surface area contributed by atoms with Crippen LogP contribution in [0.1, 0.15) is 64.7 Å². The molecule has 1 radical (unpaired) electrons. The molecule has 0 atom stereocenters. The molecule has 0 unspecified atom stereocenters. The predicted molar refractivity (Wildman–Crippen MR) is 64.1 cm³/mol. The van der Waals surface area contributed by atoms with Gasteiger partial charge in [0.15, 0.2) is 0 Å². The molecule has 0 saturated heterocycles. The molecule has 0 aromatic heterocycles. The van der Waals surface area contributed by atoms with Crippen LogP contribution in [0.4, 0.5) is 0 Å². The second kappa shape index (κ2) is 8.75. The molecule has 1 aliphatic rings. The molecule has 1 saturated carbocycles. The standard InChI is InChI=1S/C13H24NO/c1-2-3-4-8-11-15-14-12-13-9-6-5-7-10-13/h13H,2-11H2,1H3. The Balaban J connectivity index is 1.91. The van der Waals surface area contributed by atoms with Gasteiger partial charge in [0.1, 0.15) is 12.8 Å². The molecule has 0 N–H and O–H groups in total. The summed E-state index contributed by atoms with van der Waals surface area (Å²) in [6.45, 7) is 2.98. The quantitative estimate of drug-likeness (QED) is 0.353. The van der Waals surface area contributed by atoms with Crippen LogP contribution in [0, 0.1) is 5.92 Å². The molecule has 0 spiro atoms. The van der Waals surface area contributed by atoms with E-state index in [1.54, 1.807) is 0 Å². The average Bonchev–Trinajstić information content (AvgIpc) is 2.29. The fourth-order valence-corrected chi connectivity index (χ4v) is 1.98. The highest BCUT2D eigenvalue weighted by Gasteiger charge is 2.11. The minimum Gasteiger partial charge on any atom is -0.396 e. The topological polar surface area (TPSA) is 21.6 Å². The minimum atomic E-state index is 0.564. The summed E-state index contributed by atoms with van der Waals surface area (Å²) < 4.78 is 0. The van der Waals surface area contributed by atoms with Crippen LogP contribution in [0.25, 0.3) is 0 Å². The van der Waals surface area contributed by atoms with Gasteiger partial charge in [0, 0.05) is 5.92 Å². The molecule has 0 heterocycles. The molecule has 0 bridgehead atoms. The number of unbranched alkanes of at least 4 members (excludes halogenated alkanes) is 3. The van der Waals surface area contributed by atoms with Gasteiger partial charge in [0.05, 0.1) is 0 Å². The molecule has 1 rings (SSSR count). The van der Waals surface area contributed by atoms with Crippen molar-refractivity contribution in [2.45, 2.75) is 64.7 Å². The van der Waals surface area contributed by atoms with Gasteiger partial charge in [0.25, 0.3) is 0 Å². The highest BCUT2D eigenvalue weighted by Crippen LogP contribution is 2.21. The number of hydrogen-bond donors (Lipinski definition) is 0. The van der Waals surface area contributed by atoms with E-state index in [2.05, 4.69) is 18.3 Å². The van der Waals surface area contributed by atoms with Gasteiger partial charge in [-0.05, 0) is 25.7 Å². The molecule has 0 amide bonds. The van der Waals surface area contributed by atoms with Crippen molar-refractivity contribution in [2.75, 3.05) is 6.61 Å². The largest absolute Gasteiger partial charge is 0.396 e. The Morgan fingerprint density at radius 2 is 1.93 bits per heavy atom. The van der Waals surface area contributed by atoms with Gasteiger partial charge < -0.3 is 4.84 Å². The Hall–Kier alpha value is -0.530. The molecular formula is C13H24NO. The highest BCUT2D eigenvalue weighted by atomic mass is 16.6. The van der Waals surface area contributed by atoms with Crippen LogP contribution in [0.2, 0.25) is 0 Å². The van der Waals surface area contributed by atoms with Crippen molar-refractivity contribution in [3.63, 3.8) is 0 Å². The van der Waals surface area contributed by atoms with E-state index in [-0.39, 0.29) is 0 Å². The maximum atomic E-state index is 5.20. The van der Waals surface area contributed by atoms with Crippen LogP contribution in [0.5, 0.6) is 0 Å². The summed E-state index contributed by atoms with van der Waals surface area (Å²) >= 11 is 0. The first kappa shape index (κ1) is 12.5. The van der Waals surface area contributed by atoms with Crippen LogP contribution >= 0.6 is 0 Å². The van der Waals surface area contributed by atoms with Crippen molar-refractivity contribution in [2.24, 2.45) is 11.1 Å². The van der Waals surface area contributed by atoms with Crippen molar-refractivity contribution < 1.29 is 4.84 Å². The third-order valence-corrected chi connectivity index (χ3v) is 2.99. The van der Waals surface area contributed by atoms with E-state index < -0.39 is 0 Å². The van der Waals surface area contributed by atoms with E-state index in [9.17, 15) is 0 Å². The first-order chi connectivity index (χ1) is 7.43. The maximum absolute atomic E-state index is 5.20. The van der Waals surface area contributed by atoms with Crippen molar-refractivity contribution >= 4 is 6.21 Å². The summed E-state index contributed by atoms with van der Waals surface area (Å²) in [4.78, 5) is 5.20. The van der Waals surface area contributed by atoms with Gasteiger partial charge >= 0.3 is 0 Å². The maximum Gasteiger partial charge on any atom is 0.117 e. The smallest absolute Gasteiger partial charge is 0.117 e. The van der Waals surface area contributed by atoms with Gasteiger partial charge in [-0.2, -0.15) is 0 Å². The summed E-state index contributed by atoms with van der Waals surface area (Å²) in [6.07, 6.45) is 14.6. The van der Waals surface area contributed by atoms with E-state index in [0.717, 1.165) is 13.0 Å². The van der Waals surface area contributed by atoms with Crippen molar-refractivity contribution in [1.82, 2.24) is 0 Å². The zero-order valence-electron chi connectivity index (χ0n) is 10.0. The van der Waals surface area contributed by atoms with E-state index in [1.807, 2.05) is 0 Å². The highest BCUT2D eigenvalue weighted by molar-refractivity contribution is 5.59. The lowest BCUT2D eigenvalue weighted by molar-refractivity contribution is 0.139. The molecule has 87 valence electrons. The van der Waals surface area contributed by atoms with Crippen LogP contribution < -0.4 is 0 Å². The van der Waals surface area contributed by atoms with Crippen molar-refractivity contribution in [1.29, 1.82) is 0 Å². The molecule has 0 aromatic carbocycles. The summed E-state index contributed by atoms with van der Waals surface area (Å²) in [5.41, 5.74) is 0. The summed E-state index contributed by atoms with van der Waals surface area (Å²) in [5.74, 6) is 0.564. The Kier molecular flexibility index (Phi) is 7.32. The van der Waals surface area contributed by atoms with Crippen LogP contribution in [-0.4, -0.2) is 12.8 Å². The molecule has 15 heavy (non-hydrogen) atoms. The minimum absolute atomic E-state index is 0.564. The third kappa shape index (κ3) is 6.53. The predicted octanol–water partition coefficient (Wildman–Crippen LogP) is 4.03. The second-order valence-electron chi connectivity index (χ2n) is 4.45. The second-order valence-corrected chi connectivity index (χ2v) is 4.45. The van der Waals surface area contributed by atoms with Crippen LogP contribution in [0.3, 0.4) is 0 Å². The number of rotatable bonds is 7. The van der Waals surface area contributed by atoms with Gasteiger partial charge in [0.2, 0.25) is 0 Å². The Labute approximate surface area is 94.1 Å². The van der Waals surface area contributed by atoms with Gasteiger partial charge in [-0.3, -0.25) is 0 Å². The Bertz CT molecular complexity index is 162. The fourth-order valence-electron chi connectivity index (χ4n) is 1.98. The Morgan fingerprint density at radius 3 is 2.67 bits per heavy atom. The number of hydrogen-bond acceptors (Lipinski definition) is 2.